The van der Waals surface area contributed by atoms with Crippen LogP contribution in [0.15, 0.2) is 53.9 Å². The number of nitrogens with one attached hydrogen (secondary N) is 1. The van der Waals surface area contributed by atoms with Crippen molar-refractivity contribution in [3.05, 3.63) is 71.2 Å². The summed E-state index contributed by atoms with van der Waals surface area (Å²) >= 11 is 1.44. The molecule has 1 N–H and O–H groups in total. The van der Waals surface area contributed by atoms with Crippen LogP contribution in [0.25, 0.3) is 22.0 Å². The Morgan fingerprint density at radius 3 is 2.81 bits per heavy atom. The highest BCUT2D eigenvalue weighted by Gasteiger charge is 2.16. The van der Waals surface area contributed by atoms with E-state index in [2.05, 4.69) is 25.1 Å². The van der Waals surface area contributed by atoms with Crippen LogP contribution in [0.5, 0.6) is 0 Å². The first-order chi connectivity index (χ1) is 15.7. The molecule has 1 aliphatic heterocycles. The molecule has 1 aliphatic rings. The number of hydrogen-bond acceptors (Lipinski definition) is 5. The second-order valence-electron chi connectivity index (χ2n) is 7.86. The largest absolute Gasteiger partial charge is 0.326 e. The number of aryl methyl sites for hydroxylation is 1. The van der Waals surface area contributed by atoms with Gasteiger partial charge in [-0.1, -0.05) is 18.6 Å². The van der Waals surface area contributed by atoms with Crippen LogP contribution in [0.2, 0.25) is 0 Å². The third-order valence-electron chi connectivity index (χ3n) is 5.50. The highest BCUT2D eigenvalue weighted by atomic mass is 32.1. The van der Waals surface area contributed by atoms with Gasteiger partial charge in [-0.2, -0.15) is 0 Å². The van der Waals surface area contributed by atoms with Gasteiger partial charge in [0.2, 0.25) is 5.91 Å². The van der Waals surface area contributed by atoms with E-state index >= 15 is 0 Å². The molecule has 2 aromatic heterocycles. The minimum absolute atomic E-state index is 0.141. The van der Waals surface area contributed by atoms with Gasteiger partial charge in [0.1, 0.15) is 16.6 Å². The number of rotatable bonds is 5. The first kappa shape index (κ1) is 20.5. The van der Waals surface area contributed by atoms with E-state index in [0.717, 1.165) is 53.6 Å². The standard InChI is InChI=1S/C24H22FN5OS/c25-18-10-8-16(9-11-18)24-27-20(15-32-24)14-22(31)26-19-6-4-5-17(13-19)23-29-28-21-7-2-1-3-12-30(21)23/h4-6,8-11,13,15H,1-3,7,12,14H2,(H,26,31). The molecule has 0 fully saturated rings. The van der Waals surface area contributed by atoms with Gasteiger partial charge in [0, 0.05) is 35.2 Å². The summed E-state index contributed by atoms with van der Waals surface area (Å²) in [5.74, 6) is 1.46. The molecule has 0 saturated carbocycles. The van der Waals surface area contributed by atoms with Crippen LogP contribution in [-0.2, 0) is 24.2 Å². The Morgan fingerprint density at radius 2 is 1.94 bits per heavy atom. The van der Waals surface area contributed by atoms with E-state index in [1.54, 1.807) is 12.1 Å². The summed E-state index contributed by atoms with van der Waals surface area (Å²) in [5, 5.41) is 14.4. The van der Waals surface area contributed by atoms with E-state index in [9.17, 15) is 9.18 Å². The number of aromatic nitrogens is 4. The number of amides is 1. The number of hydrogen-bond donors (Lipinski definition) is 1. The van der Waals surface area contributed by atoms with Crippen LogP contribution in [0.3, 0.4) is 0 Å². The minimum atomic E-state index is -0.283. The van der Waals surface area contributed by atoms with Crippen molar-refractivity contribution in [3.63, 3.8) is 0 Å². The fraction of sp³-hybridized carbons (Fsp3) is 0.250. The quantitative estimate of drug-likeness (QED) is 0.461. The SMILES string of the molecule is O=C(Cc1csc(-c2ccc(F)cc2)n1)Nc1cccc(-c2nnc3n2CCCCC3)c1. The predicted octanol–water partition coefficient (Wildman–Crippen LogP) is 5.12. The number of anilines is 1. The molecule has 0 saturated heterocycles. The number of halogens is 1. The van der Waals surface area contributed by atoms with Crippen molar-refractivity contribution < 1.29 is 9.18 Å². The maximum absolute atomic E-state index is 13.1. The molecule has 8 heteroatoms. The first-order valence-corrected chi connectivity index (χ1v) is 11.6. The van der Waals surface area contributed by atoms with E-state index < -0.39 is 0 Å². The summed E-state index contributed by atoms with van der Waals surface area (Å²) < 4.78 is 15.3. The molecule has 0 radical (unpaired) electrons. The summed E-state index contributed by atoms with van der Waals surface area (Å²) in [4.78, 5) is 17.1. The maximum Gasteiger partial charge on any atom is 0.230 e. The van der Waals surface area contributed by atoms with Crippen LogP contribution in [0.4, 0.5) is 10.1 Å². The third-order valence-corrected chi connectivity index (χ3v) is 6.44. The summed E-state index contributed by atoms with van der Waals surface area (Å²) in [7, 11) is 0. The summed E-state index contributed by atoms with van der Waals surface area (Å²) in [6.07, 6.45) is 4.60. The molecule has 32 heavy (non-hydrogen) atoms. The highest BCUT2D eigenvalue weighted by molar-refractivity contribution is 7.13. The molecule has 6 nitrogen and oxygen atoms in total. The van der Waals surface area contributed by atoms with Gasteiger partial charge in [-0.25, -0.2) is 9.37 Å². The smallest absolute Gasteiger partial charge is 0.230 e. The average molecular weight is 448 g/mol. The van der Waals surface area contributed by atoms with Gasteiger partial charge in [0.25, 0.3) is 0 Å². The summed E-state index contributed by atoms with van der Waals surface area (Å²) in [6, 6.07) is 13.9. The lowest BCUT2D eigenvalue weighted by molar-refractivity contribution is -0.115. The molecule has 2 aromatic carbocycles. The monoisotopic (exact) mass is 447 g/mol. The number of fused-ring (bicyclic) bond motifs is 1. The van der Waals surface area contributed by atoms with Crippen molar-refractivity contribution in [3.8, 4) is 22.0 Å². The normalized spacial score (nSPS) is 13.4. The Hall–Kier alpha value is -3.39. The third kappa shape index (κ3) is 4.45. The van der Waals surface area contributed by atoms with Gasteiger partial charge >= 0.3 is 0 Å². The van der Waals surface area contributed by atoms with E-state index in [4.69, 9.17) is 0 Å². The van der Waals surface area contributed by atoms with E-state index in [-0.39, 0.29) is 18.1 Å². The summed E-state index contributed by atoms with van der Waals surface area (Å²) in [6.45, 7) is 0.925. The highest BCUT2D eigenvalue weighted by Crippen LogP contribution is 2.26. The fourth-order valence-corrected chi connectivity index (χ4v) is 4.74. The van der Waals surface area contributed by atoms with Crippen LogP contribution >= 0.6 is 11.3 Å². The minimum Gasteiger partial charge on any atom is -0.326 e. The van der Waals surface area contributed by atoms with Crippen LogP contribution in [-0.4, -0.2) is 25.7 Å². The van der Waals surface area contributed by atoms with Crippen molar-refractivity contribution in [2.45, 2.75) is 38.6 Å². The molecule has 0 aliphatic carbocycles. The Bertz CT molecular complexity index is 1250. The van der Waals surface area contributed by atoms with E-state index in [0.29, 0.717) is 11.4 Å². The van der Waals surface area contributed by atoms with Crippen molar-refractivity contribution >= 4 is 22.9 Å². The zero-order valence-electron chi connectivity index (χ0n) is 17.4. The molecular weight excluding hydrogens is 425 g/mol. The lowest BCUT2D eigenvalue weighted by Gasteiger charge is -2.09. The van der Waals surface area contributed by atoms with Gasteiger partial charge in [-0.3, -0.25) is 4.79 Å². The van der Waals surface area contributed by atoms with Gasteiger partial charge in [0.15, 0.2) is 5.82 Å². The number of carbonyl (C=O) groups is 1. The van der Waals surface area contributed by atoms with Crippen LogP contribution in [0, 0.1) is 5.82 Å². The topological polar surface area (TPSA) is 72.7 Å². The lowest BCUT2D eigenvalue weighted by atomic mass is 10.1. The Kier molecular flexibility index (Phi) is 5.77. The van der Waals surface area contributed by atoms with Crippen molar-refractivity contribution in [1.29, 1.82) is 0 Å². The molecule has 0 atom stereocenters. The molecule has 5 rings (SSSR count). The number of nitrogens with zero attached hydrogens (tertiary/aromatic N) is 4. The first-order valence-electron chi connectivity index (χ1n) is 10.7. The van der Waals surface area contributed by atoms with Gasteiger partial charge in [0.05, 0.1) is 12.1 Å². The van der Waals surface area contributed by atoms with Crippen LogP contribution in [0.1, 0.15) is 30.8 Å². The van der Waals surface area contributed by atoms with E-state index in [1.807, 2.05) is 29.6 Å². The zero-order chi connectivity index (χ0) is 21.9. The average Bonchev–Trinajstić information content (AvgIpc) is 3.35. The maximum atomic E-state index is 13.1. The van der Waals surface area contributed by atoms with Gasteiger partial charge in [-0.15, -0.1) is 21.5 Å². The molecule has 162 valence electrons. The molecule has 1 amide bonds. The van der Waals surface area contributed by atoms with Crippen molar-refractivity contribution in [1.82, 2.24) is 19.7 Å². The molecule has 0 unspecified atom stereocenters. The van der Waals surface area contributed by atoms with Crippen LogP contribution < -0.4 is 5.32 Å². The summed E-state index contributed by atoms with van der Waals surface area (Å²) in [5.41, 5.74) is 3.18. The second-order valence-corrected chi connectivity index (χ2v) is 8.72. The van der Waals surface area contributed by atoms with Gasteiger partial charge < -0.3 is 9.88 Å². The fourth-order valence-electron chi connectivity index (χ4n) is 3.92. The number of thiazole rings is 1. The van der Waals surface area contributed by atoms with Gasteiger partial charge in [-0.05, 0) is 49.2 Å². The van der Waals surface area contributed by atoms with Crippen molar-refractivity contribution in [2.24, 2.45) is 0 Å². The predicted molar refractivity (Wildman–Crippen MR) is 123 cm³/mol. The molecule has 4 aromatic rings. The second kappa shape index (κ2) is 9.00. The molecule has 0 spiro atoms. The Morgan fingerprint density at radius 1 is 1.06 bits per heavy atom. The molecular formula is C24H22FN5OS. The number of carbonyl (C=O) groups excluding carboxylic acids is 1. The molecule has 3 heterocycles. The van der Waals surface area contributed by atoms with Crippen molar-refractivity contribution in [2.75, 3.05) is 5.32 Å². The number of benzene rings is 2. The Balaban J connectivity index is 1.28. The lowest BCUT2D eigenvalue weighted by Crippen LogP contribution is -2.14. The van der Waals surface area contributed by atoms with E-state index in [1.165, 1.54) is 29.9 Å². The Labute approximate surface area is 189 Å². The molecule has 0 bridgehead atoms. The zero-order valence-corrected chi connectivity index (χ0v) is 18.2.